The van der Waals surface area contributed by atoms with Gasteiger partial charge in [0.1, 0.15) is 6.10 Å². The van der Waals surface area contributed by atoms with Gasteiger partial charge >= 0.3 is 5.97 Å². The van der Waals surface area contributed by atoms with E-state index in [4.69, 9.17) is 4.74 Å². The SMILES string of the molecule is CCN(C)/C=N/c1cc(C)c(C(=O)OC(Cc2ccccc2)c2ccc(C)cc2)cc1C. The van der Waals surface area contributed by atoms with Gasteiger partial charge in [-0.3, -0.25) is 0 Å². The van der Waals surface area contributed by atoms with Crippen LogP contribution >= 0.6 is 0 Å². The van der Waals surface area contributed by atoms with Gasteiger partial charge in [-0.05, 0) is 62.1 Å². The van der Waals surface area contributed by atoms with Crippen molar-refractivity contribution in [3.63, 3.8) is 0 Å². The van der Waals surface area contributed by atoms with Crippen LogP contribution < -0.4 is 0 Å². The molecule has 3 aromatic carbocycles. The van der Waals surface area contributed by atoms with Gasteiger partial charge in [0, 0.05) is 20.0 Å². The van der Waals surface area contributed by atoms with E-state index in [-0.39, 0.29) is 12.1 Å². The summed E-state index contributed by atoms with van der Waals surface area (Å²) in [4.78, 5) is 19.8. The minimum absolute atomic E-state index is 0.312. The van der Waals surface area contributed by atoms with Gasteiger partial charge in [-0.25, -0.2) is 9.79 Å². The Morgan fingerprint density at radius 2 is 1.69 bits per heavy atom. The molecule has 0 spiro atoms. The van der Waals surface area contributed by atoms with E-state index in [2.05, 4.69) is 43.1 Å². The Kier molecular flexibility index (Phi) is 7.82. The molecule has 0 aromatic heterocycles. The highest BCUT2D eigenvalue weighted by molar-refractivity contribution is 5.92. The molecule has 0 saturated carbocycles. The second-order valence-corrected chi connectivity index (χ2v) is 8.27. The number of rotatable bonds is 8. The Morgan fingerprint density at radius 3 is 2.34 bits per heavy atom. The molecule has 0 N–H and O–H groups in total. The van der Waals surface area contributed by atoms with Crippen molar-refractivity contribution in [2.24, 2.45) is 4.99 Å². The first-order chi connectivity index (χ1) is 15.4. The maximum absolute atomic E-state index is 13.2. The molecule has 1 unspecified atom stereocenters. The largest absolute Gasteiger partial charge is 0.454 e. The van der Waals surface area contributed by atoms with Crippen molar-refractivity contribution >= 4 is 18.0 Å². The van der Waals surface area contributed by atoms with Crippen LogP contribution in [0.2, 0.25) is 0 Å². The molecular formula is C28H32N2O2. The number of carbonyl (C=O) groups is 1. The fourth-order valence-electron chi connectivity index (χ4n) is 3.43. The number of ether oxygens (including phenoxy) is 1. The van der Waals surface area contributed by atoms with Crippen LogP contribution in [0.1, 0.15) is 51.2 Å². The monoisotopic (exact) mass is 428 g/mol. The predicted molar refractivity (Wildman–Crippen MR) is 132 cm³/mol. The maximum Gasteiger partial charge on any atom is 0.339 e. The summed E-state index contributed by atoms with van der Waals surface area (Å²) in [6, 6.07) is 22.1. The van der Waals surface area contributed by atoms with Gasteiger partial charge in [-0.2, -0.15) is 0 Å². The molecule has 4 heteroatoms. The molecule has 1 atom stereocenters. The molecule has 3 rings (SSSR count). The molecule has 0 aliphatic heterocycles. The van der Waals surface area contributed by atoms with Gasteiger partial charge in [-0.15, -0.1) is 0 Å². The molecular weight excluding hydrogens is 396 g/mol. The summed E-state index contributed by atoms with van der Waals surface area (Å²) in [5, 5.41) is 0. The summed E-state index contributed by atoms with van der Waals surface area (Å²) in [5.74, 6) is -0.312. The molecule has 0 radical (unpaired) electrons. The molecule has 4 nitrogen and oxygen atoms in total. The highest BCUT2D eigenvalue weighted by Crippen LogP contribution is 2.28. The Hall–Kier alpha value is -3.40. The van der Waals surface area contributed by atoms with Crippen molar-refractivity contribution in [3.8, 4) is 0 Å². The predicted octanol–water partition coefficient (Wildman–Crippen LogP) is 6.36. The van der Waals surface area contributed by atoms with Gasteiger partial charge in [0.15, 0.2) is 0 Å². The minimum atomic E-state index is -0.360. The van der Waals surface area contributed by atoms with Crippen molar-refractivity contribution in [3.05, 3.63) is 100 Å². The molecule has 0 heterocycles. The van der Waals surface area contributed by atoms with Crippen molar-refractivity contribution in [1.82, 2.24) is 4.90 Å². The number of benzene rings is 3. The quantitative estimate of drug-likeness (QED) is 0.238. The number of carbonyl (C=O) groups excluding carboxylic acids is 1. The lowest BCUT2D eigenvalue weighted by atomic mass is 9.99. The molecule has 0 saturated heterocycles. The van der Waals surface area contributed by atoms with Gasteiger partial charge in [-0.1, -0.05) is 60.2 Å². The van der Waals surface area contributed by atoms with Gasteiger partial charge < -0.3 is 9.64 Å². The molecule has 0 amide bonds. The fraction of sp³-hybridized carbons (Fsp3) is 0.286. The number of aryl methyl sites for hydroxylation is 3. The molecule has 0 bridgehead atoms. The van der Waals surface area contributed by atoms with E-state index in [0.717, 1.165) is 34.5 Å². The lowest BCUT2D eigenvalue weighted by Gasteiger charge is -2.20. The van der Waals surface area contributed by atoms with Crippen LogP contribution in [0.5, 0.6) is 0 Å². The van der Waals surface area contributed by atoms with Gasteiger partial charge in [0.05, 0.1) is 17.6 Å². The van der Waals surface area contributed by atoms with Crippen LogP contribution in [0, 0.1) is 20.8 Å². The zero-order chi connectivity index (χ0) is 23.1. The molecule has 0 fully saturated rings. The zero-order valence-electron chi connectivity index (χ0n) is 19.6. The van der Waals surface area contributed by atoms with Crippen molar-refractivity contribution in [2.45, 2.75) is 40.2 Å². The van der Waals surface area contributed by atoms with Crippen LogP contribution in [0.4, 0.5) is 5.69 Å². The Labute approximate surface area is 191 Å². The fourth-order valence-corrected chi connectivity index (χ4v) is 3.43. The van der Waals surface area contributed by atoms with Crippen LogP contribution in [0.25, 0.3) is 0 Å². The molecule has 3 aromatic rings. The lowest BCUT2D eigenvalue weighted by Crippen LogP contribution is -2.15. The standard InChI is InChI=1S/C28H32N2O2/c1-6-30(5)19-29-26-17-21(3)25(16-22(26)4)28(31)32-27(18-23-10-8-7-9-11-23)24-14-12-20(2)13-15-24/h7-17,19,27H,6,18H2,1-5H3/b29-19+. The smallest absolute Gasteiger partial charge is 0.339 e. The van der Waals surface area contributed by atoms with Gasteiger partial charge in [0.2, 0.25) is 0 Å². The topological polar surface area (TPSA) is 41.9 Å². The second-order valence-electron chi connectivity index (χ2n) is 8.27. The Bertz CT molecular complexity index is 1070. The number of hydrogen-bond acceptors (Lipinski definition) is 3. The normalized spacial score (nSPS) is 12.0. The molecule has 0 aliphatic rings. The second kappa shape index (κ2) is 10.8. The summed E-state index contributed by atoms with van der Waals surface area (Å²) in [6.07, 6.45) is 2.08. The van der Waals surface area contributed by atoms with Gasteiger partial charge in [0.25, 0.3) is 0 Å². The minimum Gasteiger partial charge on any atom is -0.454 e. The van der Waals surface area contributed by atoms with Crippen LogP contribution in [0.15, 0.2) is 71.7 Å². The van der Waals surface area contributed by atoms with E-state index in [9.17, 15) is 4.79 Å². The lowest BCUT2D eigenvalue weighted by molar-refractivity contribution is 0.0296. The molecule has 32 heavy (non-hydrogen) atoms. The average molecular weight is 429 g/mol. The van der Waals surface area contributed by atoms with E-state index in [0.29, 0.717) is 12.0 Å². The Morgan fingerprint density at radius 1 is 1.00 bits per heavy atom. The summed E-state index contributed by atoms with van der Waals surface area (Å²) >= 11 is 0. The van der Waals surface area contributed by atoms with Crippen LogP contribution in [0.3, 0.4) is 0 Å². The number of hydrogen-bond donors (Lipinski definition) is 0. The van der Waals surface area contributed by atoms with Crippen molar-refractivity contribution in [1.29, 1.82) is 0 Å². The molecule has 166 valence electrons. The number of esters is 1. The first-order valence-electron chi connectivity index (χ1n) is 11.0. The summed E-state index contributed by atoms with van der Waals surface area (Å²) in [6.45, 7) is 8.90. The van der Waals surface area contributed by atoms with E-state index >= 15 is 0 Å². The number of aliphatic imine (C=N–C) groups is 1. The van der Waals surface area contributed by atoms with Crippen molar-refractivity contribution in [2.75, 3.05) is 13.6 Å². The first-order valence-corrected chi connectivity index (χ1v) is 11.0. The highest BCUT2D eigenvalue weighted by atomic mass is 16.5. The van der Waals surface area contributed by atoms with Crippen molar-refractivity contribution < 1.29 is 9.53 Å². The maximum atomic E-state index is 13.2. The summed E-state index contributed by atoms with van der Waals surface area (Å²) in [5.41, 5.74) is 6.53. The third-order valence-electron chi connectivity index (χ3n) is 5.62. The van der Waals surface area contributed by atoms with E-state index in [1.165, 1.54) is 5.56 Å². The third kappa shape index (κ3) is 6.07. The van der Waals surface area contributed by atoms with Crippen LogP contribution in [-0.2, 0) is 11.2 Å². The summed E-state index contributed by atoms with van der Waals surface area (Å²) in [7, 11) is 1.98. The highest BCUT2D eigenvalue weighted by Gasteiger charge is 2.21. The molecule has 0 aliphatic carbocycles. The number of nitrogens with zero attached hydrogens (tertiary/aromatic N) is 2. The van der Waals surface area contributed by atoms with E-state index in [1.54, 1.807) is 0 Å². The first kappa shape index (κ1) is 23.3. The van der Waals surface area contributed by atoms with E-state index < -0.39 is 0 Å². The summed E-state index contributed by atoms with van der Waals surface area (Å²) < 4.78 is 6.07. The Balaban J connectivity index is 1.86. The zero-order valence-corrected chi connectivity index (χ0v) is 19.6. The van der Waals surface area contributed by atoms with Crippen LogP contribution in [-0.4, -0.2) is 30.8 Å². The van der Waals surface area contributed by atoms with E-state index in [1.807, 2.05) is 74.6 Å². The third-order valence-corrected chi connectivity index (χ3v) is 5.62. The average Bonchev–Trinajstić information content (AvgIpc) is 2.79.